The van der Waals surface area contributed by atoms with Crippen LogP contribution in [0.4, 0.5) is 10.1 Å². The van der Waals surface area contributed by atoms with Gasteiger partial charge in [-0.25, -0.2) is 4.39 Å². The molecule has 0 saturated carbocycles. The Balaban J connectivity index is 2.10. The van der Waals surface area contributed by atoms with Gasteiger partial charge in [-0.3, -0.25) is 4.79 Å². The van der Waals surface area contributed by atoms with Crippen molar-refractivity contribution in [1.82, 2.24) is 0 Å². The number of nitrogens with one attached hydrogen (secondary N) is 1. The predicted octanol–water partition coefficient (Wildman–Crippen LogP) is 4.89. The first-order chi connectivity index (χ1) is 10.9. The molecular weight excluding hydrogens is 317 g/mol. The lowest BCUT2D eigenvalue weighted by Crippen LogP contribution is -2.32. The largest absolute Gasteiger partial charge is 0.481 e. The maximum atomic E-state index is 13.2. The van der Waals surface area contributed by atoms with E-state index in [0.717, 1.165) is 11.1 Å². The van der Waals surface area contributed by atoms with Gasteiger partial charge >= 0.3 is 0 Å². The number of aryl methyl sites for hydroxylation is 2. The van der Waals surface area contributed by atoms with Crippen molar-refractivity contribution in [3.63, 3.8) is 0 Å². The Morgan fingerprint density at radius 3 is 2.43 bits per heavy atom. The van der Waals surface area contributed by atoms with E-state index in [9.17, 15) is 9.18 Å². The van der Waals surface area contributed by atoms with Gasteiger partial charge in [0.2, 0.25) is 0 Å². The van der Waals surface area contributed by atoms with Crippen LogP contribution in [0.3, 0.4) is 0 Å². The molecule has 23 heavy (non-hydrogen) atoms. The summed E-state index contributed by atoms with van der Waals surface area (Å²) in [6.45, 7) is 5.81. The third-order valence-corrected chi connectivity index (χ3v) is 3.61. The summed E-state index contributed by atoms with van der Waals surface area (Å²) in [5, 5.41) is 2.66. The molecule has 0 fully saturated rings. The molecule has 122 valence electrons. The molecular formula is C18H19ClFNO2. The van der Waals surface area contributed by atoms with Gasteiger partial charge in [0.15, 0.2) is 6.10 Å². The quantitative estimate of drug-likeness (QED) is 0.844. The van der Waals surface area contributed by atoms with E-state index >= 15 is 0 Å². The molecule has 2 aromatic rings. The maximum Gasteiger partial charge on any atom is 0.265 e. The molecule has 0 aliphatic heterocycles. The van der Waals surface area contributed by atoms with Crippen molar-refractivity contribution in [1.29, 1.82) is 0 Å². The maximum absolute atomic E-state index is 13.2. The molecule has 0 radical (unpaired) electrons. The van der Waals surface area contributed by atoms with Gasteiger partial charge in [-0.15, -0.1) is 0 Å². The molecule has 5 heteroatoms. The van der Waals surface area contributed by atoms with Crippen molar-refractivity contribution >= 4 is 23.2 Å². The number of carbonyl (C=O) groups is 1. The highest BCUT2D eigenvalue weighted by molar-refractivity contribution is 6.31. The molecule has 1 atom stereocenters. The number of amides is 1. The molecule has 0 saturated heterocycles. The van der Waals surface area contributed by atoms with Crippen LogP contribution in [0.1, 0.15) is 24.5 Å². The topological polar surface area (TPSA) is 38.3 Å². The van der Waals surface area contributed by atoms with Crippen molar-refractivity contribution in [2.75, 3.05) is 5.32 Å². The molecule has 2 rings (SSSR count). The Kier molecular flexibility index (Phi) is 5.61. The zero-order valence-corrected chi connectivity index (χ0v) is 14.1. The van der Waals surface area contributed by atoms with Gasteiger partial charge in [0.25, 0.3) is 5.91 Å². The summed E-state index contributed by atoms with van der Waals surface area (Å²) >= 11 is 5.72. The lowest BCUT2D eigenvalue weighted by Gasteiger charge is -2.18. The minimum atomic E-state index is -0.639. The van der Waals surface area contributed by atoms with Crippen LogP contribution >= 0.6 is 11.6 Å². The fraction of sp³-hybridized carbons (Fsp3) is 0.278. The zero-order chi connectivity index (χ0) is 17.0. The van der Waals surface area contributed by atoms with Crippen LogP contribution in [0.15, 0.2) is 36.4 Å². The number of benzene rings is 2. The van der Waals surface area contributed by atoms with Gasteiger partial charge in [0.1, 0.15) is 11.6 Å². The van der Waals surface area contributed by atoms with E-state index in [-0.39, 0.29) is 10.9 Å². The summed E-state index contributed by atoms with van der Waals surface area (Å²) < 4.78 is 18.9. The highest BCUT2D eigenvalue weighted by Crippen LogP contribution is 2.21. The Labute approximate surface area is 140 Å². The first kappa shape index (κ1) is 17.3. The minimum Gasteiger partial charge on any atom is -0.481 e. The van der Waals surface area contributed by atoms with E-state index in [1.807, 2.05) is 39.0 Å². The van der Waals surface area contributed by atoms with Gasteiger partial charge in [0, 0.05) is 5.69 Å². The van der Waals surface area contributed by atoms with Crippen molar-refractivity contribution < 1.29 is 13.9 Å². The Bertz CT molecular complexity index is 698. The molecule has 0 spiro atoms. The van der Waals surface area contributed by atoms with Crippen LogP contribution in [-0.2, 0) is 4.79 Å². The lowest BCUT2D eigenvalue weighted by atomic mass is 10.1. The van der Waals surface area contributed by atoms with Crippen LogP contribution in [0.2, 0.25) is 5.02 Å². The zero-order valence-electron chi connectivity index (χ0n) is 13.3. The molecule has 0 aliphatic rings. The van der Waals surface area contributed by atoms with E-state index in [0.29, 0.717) is 17.9 Å². The summed E-state index contributed by atoms with van der Waals surface area (Å²) in [5.74, 6) is -0.167. The molecule has 1 amide bonds. The fourth-order valence-electron chi connectivity index (χ4n) is 2.28. The molecule has 0 aliphatic carbocycles. The normalized spacial score (nSPS) is 11.9. The number of hydrogen-bond donors (Lipinski definition) is 1. The van der Waals surface area contributed by atoms with E-state index in [1.165, 1.54) is 18.2 Å². The number of hydrogen-bond acceptors (Lipinski definition) is 2. The third-order valence-electron chi connectivity index (χ3n) is 3.32. The molecule has 3 nitrogen and oxygen atoms in total. The average Bonchev–Trinajstić information content (AvgIpc) is 2.47. The minimum absolute atomic E-state index is 0.0360. The SMILES string of the molecule is CCC(Oc1cc(C)cc(C)c1)C(=O)Nc1ccc(F)c(Cl)c1. The van der Waals surface area contributed by atoms with Crippen molar-refractivity contribution in [2.45, 2.75) is 33.3 Å². The number of ether oxygens (including phenoxy) is 1. The first-order valence-electron chi connectivity index (χ1n) is 7.40. The summed E-state index contributed by atoms with van der Waals surface area (Å²) in [6.07, 6.45) is -0.131. The number of carbonyl (C=O) groups excluding carboxylic acids is 1. The second kappa shape index (κ2) is 7.47. The highest BCUT2D eigenvalue weighted by atomic mass is 35.5. The van der Waals surface area contributed by atoms with Crippen molar-refractivity contribution in [2.24, 2.45) is 0 Å². The third kappa shape index (κ3) is 4.70. The fourth-order valence-corrected chi connectivity index (χ4v) is 2.46. The summed E-state index contributed by atoms with van der Waals surface area (Å²) in [4.78, 5) is 12.3. The molecule has 1 unspecified atom stereocenters. The van der Waals surface area contributed by atoms with Crippen LogP contribution in [0, 0.1) is 19.7 Å². The predicted molar refractivity (Wildman–Crippen MR) is 90.7 cm³/mol. The van der Waals surface area contributed by atoms with Gasteiger partial charge < -0.3 is 10.1 Å². The summed E-state index contributed by atoms with van der Waals surface area (Å²) in [5.41, 5.74) is 2.57. The Morgan fingerprint density at radius 1 is 1.22 bits per heavy atom. The number of anilines is 1. The van der Waals surface area contributed by atoms with Gasteiger partial charge in [-0.05, 0) is 61.7 Å². The number of halogens is 2. The van der Waals surface area contributed by atoms with Crippen molar-refractivity contribution in [3.8, 4) is 5.75 Å². The Morgan fingerprint density at radius 2 is 1.87 bits per heavy atom. The van der Waals surface area contributed by atoms with Crippen LogP contribution in [-0.4, -0.2) is 12.0 Å². The summed E-state index contributed by atoms with van der Waals surface area (Å²) in [7, 11) is 0. The lowest BCUT2D eigenvalue weighted by molar-refractivity contribution is -0.122. The van der Waals surface area contributed by atoms with Crippen LogP contribution in [0.25, 0.3) is 0 Å². The van der Waals surface area contributed by atoms with Gasteiger partial charge in [0.05, 0.1) is 5.02 Å². The Hall–Kier alpha value is -2.07. The van der Waals surface area contributed by atoms with Crippen LogP contribution in [0.5, 0.6) is 5.75 Å². The monoisotopic (exact) mass is 335 g/mol. The van der Waals surface area contributed by atoms with Gasteiger partial charge in [-0.1, -0.05) is 24.6 Å². The molecule has 0 aromatic heterocycles. The highest BCUT2D eigenvalue weighted by Gasteiger charge is 2.19. The van der Waals surface area contributed by atoms with E-state index < -0.39 is 11.9 Å². The standard InChI is InChI=1S/C18H19ClFNO2/c1-4-17(23-14-8-11(2)7-12(3)9-14)18(22)21-13-5-6-16(20)15(19)10-13/h5-10,17H,4H2,1-3H3,(H,21,22). The molecule has 1 N–H and O–H groups in total. The van der Waals surface area contributed by atoms with E-state index in [4.69, 9.17) is 16.3 Å². The summed E-state index contributed by atoms with van der Waals surface area (Å²) in [6, 6.07) is 9.86. The smallest absolute Gasteiger partial charge is 0.265 e. The number of rotatable bonds is 5. The first-order valence-corrected chi connectivity index (χ1v) is 7.77. The van der Waals surface area contributed by atoms with E-state index in [1.54, 1.807) is 0 Å². The van der Waals surface area contributed by atoms with E-state index in [2.05, 4.69) is 5.32 Å². The van der Waals surface area contributed by atoms with Crippen LogP contribution < -0.4 is 10.1 Å². The van der Waals surface area contributed by atoms with Gasteiger partial charge in [-0.2, -0.15) is 0 Å². The molecule has 0 bridgehead atoms. The molecule has 2 aromatic carbocycles. The second-order valence-corrected chi connectivity index (χ2v) is 5.86. The van der Waals surface area contributed by atoms with Crippen molar-refractivity contribution in [3.05, 3.63) is 58.4 Å². The second-order valence-electron chi connectivity index (χ2n) is 5.46. The molecule has 0 heterocycles. The average molecular weight is 336 g/mol.